The van der Waals surface area contributed by atoms with Crippen molar-refractivity contribution in [3.63, 3.8) is 0 Å². The lowest BCUT2D eigenvalue weighted by Gasteiger charge is -2.06. The Kier molecular flexibility index (Phi) is 4.72. The van der Waals surface area contributed by atoms with Gasteiger partial charge in [-0.25, -0.2) is 0 Å². The van der Waals surface area contributed by atoms with Crippen molar-refractivity contribution in [1.29, 1.82) is 0 Å². The molecule has 2 aromatic rings. The van der Waals surface area contributed by atoms with E-state index in [0.717, 1.165) is 29.4 Å². The van der Waals surface area contributed by atoms with Crippen molar-refractivity contribution >= 4 is 62.3 Å². The molecule has 0 aliphatic carbocycles. The third-order valence-electron chi connectivity index (χ3n) is 2.13. The molecule has 0 aromatic heterocycles. The first kappa shape index (κ1) is 13.6. The van der Waals surface area contributed by atoms with Crippen LogP contribution < -0.4 is 0 Å². The quantitative estimate of drug-likeness (QED) is 0.566. The largest absolute Gasteiger partial charge is 0.142 e. The van der Waals surface area contributed by atoms with Crippen molar-refractivity contribution in [1.82, 2.24) is 0 Å². The second-order valence-electron chi connectivity index (χ2n) is 3.40. The standard InChI is InChI=1S/C12H10S5/c13-9-3-1-7(5-11(9)15)17-8-2-4-10(14)12(16)6-8/h1-6,13-16H. The van der Waals surface area contributed by atoms with Gasteiger partial charge in [-0.05, 0) is 36.4 Å². The van der Waals surface area contributed by atoms with Gasteiger partial charge in [-0.15, -0.1) is 50.5 Å². The highest BCUT2D eigenvalue weighted by Gasteiger charge is 2.02. The summed E-state index contributed by atoms with van der Waals surface area (Å²) < 4.78 is 0. The fraction of sp³-hybridized carbons (Fsp3) is 0. The summed E-state index contributed by atoms with van der Waals surface area (Å²) in [5.74, 6) is 0. The van der Waals surface area contributed by atoms with Gasteiger partial charge in [0.1, 0.15) is 0 Å². The lowest BCUT2D eigenvalue weighted by Crippen LogP contribution is -1.78. The predicted molar refractivity (Wildman–Crippen MR) is 86.0 cm³/mol. The van der Waals surface area contributed by atoms with Gasteiger partial charge in [0.15, 0.2) is 0 Å². The van der Waals surface area contributed by atoms with Crippen LogP contribution in [0.4, 0.5) is 0 Å². The summed E-state index contributed by atoms with van der Waals surface area (Å²) in [6.07, 6.45) is 0. The zero-order chi connectivity index (χ0) is 12.4. The van der Waals surface area contributed by atoms with Crippen molar-refractivity contribution < 1.29 is 0 Å². The summed E-state index contributed by atoms with van der Waals surface area (Å²) in [5, 5.41) is 0. The molecule has 0 saturated carbocycles. The summed E-state index contributed by atoms with van der Waals surface area (Å²) in [7, 11) is 0. The average Bonchev–Trinajstić information content (AvgIpc) is 2.29. The molecule has 0 bridgehead atoms. The summed E-state index contributed by atoms with van der Waals surface area (Å²) in [4.78, 5) is 5.81. The third-order valence-corrected chi connectivity index (χ3v) is 4.98. The molecule has 0 amide bonds. The topological polar surface area (TPSA) is 0 Å². The molecule has 0 atom stereocenters. The van der Waals surface area contributed by atoms with Crippen LogP contribution >= 0.6 is 62.3 Å². The lowest BCUT2D eigenvalue weighted by atomic mass is 10.3. The fourth-order valence-electron chi connectivity index (χ4n) is 1.27. The van der Waals surface area contributed by atoms with Gasteiger partial charge < -0.3 is 0 Å². The van der Waals surface area contributed by atoms with Crippen LogP contribution in [0.15, 0.2) is 65.8 Å². The van der Waals surface area contributed by atoms with Gasteiger partial charge in [0, 0.05) is 29.4 Å². The number of rotatable bonds is 2. The van der Waals surface area contributed by atoms with E-state index in [1.165, 1.54) is 0 Å². The predicted octanol–water partition coefficient (Wildman–Crippen LogP) is 4.99. The number of hydrogen-bond acceptors (Lipinski definition) is 5. The molecule has 0 saturated heterocycles. The maximum atomic E-state index is 4.35. The van der Waals surface area contributed by atoms with Crippen LogP contribution in [0.3, 0.4) is 0 Å². The third kappa shape index (κ3) is 3.58. The Labute approximate surface area is 127 Å². The molecule has 5 heteroatoms. The zero-order valence-electron chi connectivity index (χ0n) is 8.66. The molecular formula is C12H10S5. The molecule has 0 nitrogen and oxygen atoms in total. The minimum absolute atomic E-state index is 0.884. The van der Waals surface area contributed by atoms with E-state index in [-0.39, 0.29) is 0 Å². The molecule has 0 spiro atoms. The minimum atomic E-state index is 0.884. The van der Waals surface area contributed by atoms with Crippen LogP contribution in [0, 0.1) is 0 Å². The number of hydrogen-bond donors (Lipinski definition) is 4. The molecule has 17 heavy (non-hydrogen) atoms. The Hall–Kier alpha value is 0.190. The summed E-state index contributed by atoms with van der Waals surface area (Å²) in [6.45, 7) is 0. The van der Waals surface area contributed by atoms with E-state index < -0.39 is 0 Å². The molecular weight excluding hydrogens is 304 g/mol. The van der Waals surface area contributed by atoms with E-state index in [1.807, 2.05) is 36.4 Å². The Balaban J connectivity index is 2.25. The van der Waals surface area contributed by atoms with Crippen LogP contribution in [0.25, 0.3) is 0 Å². The van der Waals surface area contributed by atoms with E-state index in [9.17, 15) is 0 Å². The van der Waals surface area contributed by atoms with Crippen LogP contribution in [-0.4, -0.2) is 0 Å². The molecule has 0 heterocycles. The SMILES string of the molecule is Sc1ccc(Sc2ccc(S)c(S)c2)cc1S. The van der Waals surface area contributed by atoms with E-state index >= 15 is 0 Å². The van der Waals surface area contributed by atoms with Gasteiger partial charge in [-0.1, -0.05) is 11.8 Å². The minimum Gasteiger partial charge on any atom is -0.142 e. The summed E-state index contributed by atoms with van der Waals surface area (Å²) in [5.41, 5.74) is 0. The molecule has 2 aromatic carbocycles. The van der Waals surface area contributed by atoms with Crippen LogP contribution in [0.1, 0.15) is 0 Å². The summed E-state index contributed by atoms with van der Waals surface area (Å²) in [6, 6.07) is 12.0. The molecule has 0 aliphatic rings. The maximum absolute atomic E-state index is 4.35. The Morgan fingerprint density at radius 1 is 0.588 bits per heavy atom. The molecule has 2 rings (SSSR count). The highest BCUT2D eigenvalue weighted by atomic mass is 32.2. The van der Waals surface area contributed by atoms with Gasteiger partial charge >= 0.3 is 0 Å². The molecule has 88 valence electrons. The first-order valence-electron chi connectivity index (χ1n) is 4.78. The van der Waals surface area contributed by atoms with Crippen molar-refractivity contribution in [3.8, 4) is 0 Å². The van der Waals surface area contributed by atoms with E-state index in [0.29, 0.717) is 0 Å². The monoisotopic (exact) mass is 314 g/mol. The normalized spacial score (nSPS) is 10.6. The average molecular weight is 315 g/mol. The van der Waals surface area contributed by atoms with E-state index in [2.05, 4.69) is 50.5 Å². The lowest BCUT2D eigenvalue weighted by molar-refractivity contribution is 1.18. The van der Waals surface area contributed by atoms with Gasteiger partial charge in [0.2, 0.25) is 0 Å². The zero-order valence-corrected chi connectivity index (χ0v) is 13.1. The molecule has 0 radical (unpaired) electrons. The highest BCUT2D eigenvalue weighted by Crippen LogP contribution is 2.33. The van der Waals surface area contributed by atoms with Crippen molar-refractivity contribution in [2.45, 2.75) is 29.4 Å². The maximum Gasteiger partial charge on any atom is 0.0185 e. The fourth-order valence-corrected chi connectivity index (χ4v) is 3.05. The summed E-state index contributed by atoms with van der Waals surface area (Å²) >= 11 is 19.0. The van der Waals surface area contributed by atoms with Crippen LogP contribution in [0.5, 0.6) is 0 Å². The Morgan fingerprint density at radius 2 is 1.00 bits per heavy atom. The first-order chi connectivity index (χ1) is 8.06. The van der Waals surface area contributed by atoms with Gasteiger partial charge in [0.25, 0.3) is 0 Å². The molecule has 0 N–H and O–H groups in total. The van der Waals surface area contributed by atoms with Gasteiger partial charge in [-0.2, -0.15) is 0 Å². The van der Waals surface area contributed by atoms with Crippen molar-refractivity contribution in [3.05, 3.63) is 36.4 Å². The van der Waals surface area contributed by atoms with Crippen molar-refractivity contribution in [2.24, 2.45) is 0 Å². The van der Waals surface area contributed by atoms with E-state index in [1.54, 1.807) is 11.8 Å². The number of thiol groups is 4. The Morgan fingerprint density at radius 3 is 1.35 bits per heavy atom. The smallest absolute Gasteiger partial charge is 0.0185 e. The molecule has 0 fully saturated rings. The van der Waals surface area contributed by atoms with E-state index in [4.69, 9.17) is 0 Å². The van der Waals surface area contributed by atoms with Gasteiger partial charge in [0.05, 0.1) is 0 Å². The first-order valence-corrected chi connectivity index (χ1v) is 7.38. The van der Waals surface area contributed by atoms with Crippen LogP contribution in [0.2, 0.25) is 0 Å². The second-order valence-corrected chi connectivity index (χ2v) is 6.48. The van der Waals surface area contributed by atoms with Gasteiger partial charge in [-0.3, -0.25) is 0 Å². The Bertz CT molecular complexity index is 501. The number of benzene rings is 2. The second kappa shape index (κ2) is 5.89. The van der Waals surface area contributed by atoms with Crippen molar-refractivity contribution in [2.75, 3.05) is 0 Å². The molecule has 0 aliphatic heterocycles. The van der Waals surface area contributed by atoms with Crippen LogP contribution in [-0.2, 0) is 0 Å². The highest BCUT2D eigenvalue weighted by molar-refractivity contribution is 7.99. The molecule has 0 unspecified atom stereocenters.